The van der Waals surface area contributed by atoms with Crippen molar-refractivity contribution in [3.8, 4) is 10.6 Å². The Kier molecular flexibility index (Phi) is 6.49. The summed E-state index contributed by atoms with van der Waals surface area (Å²) in [5.41, 5.74) is 12.9. The molecule has 0 bridgehead atoms. The number of amides is 2. The zero-order valence-electron chi connectivity index (χ0n) is 18.0. The van der Waals surface area contributed by atoms with Gasteiger partial charge in [0.25, 0.3) is 5.91 Å². The van der Waals surface area contributed by atoms with Gasteiger partial charge in [0, 0.05) is 29.0 Å². The van der Waals surface area contributed by atoms with Crippen molar-refractivity contribution in [2.24, 2.45) is 0 Å². The number of aromatic nitrogens is 3. The molecular formula is C21H25N9O2S. The average molecular weight is 468 g/mol. The van der Waals surface area contributed by atoms with Crippen molar-refractivity contribution in [2.75, 3.05) is 42.2 Å². The molecule has 3 heterocycles. The number of hydrogen-bond acceptors (Lipinski definition) is 10. The molecule has 8 N–H and O–H groups in total. The molecule has 0 unspecified atom stereocenters. The smallest absolute Gasteiger partial charge is 0.275 e. The lowest BCUT2D eigenvalue weighted by Crippen LogP contribution is -2.58. The maximum absolute atomic E-state index is 13.1. The molecule has 0 aliphatic carbocycles. The first-order valence-electron chi connectivity index (χ1n) is 10.4. The van der Waals surface area contributed by atoms with Crippen LogP contribution in [0.1, 0.15) is 23.3 Å². The fourth-order valence-corrected chi connectivity index (χ4v) is 4.38. The molecule has 3 aromatic rings. The van der Waals surface area contributed by atoms with Crippen LogP contribution in [-0.2, 0) is 4.79 Å². The van der Waals surface area contributed by atoms with Gasteiger partial charge in [0.2, 0.25) is 11.9 Å². The highest BCUT2D eigenvalue weighted by molar-refractivity contribution is 7.13. The molecule has 0 spiro atoms. The van der Waals surface area contributed by atoms with E-state index in [2.05, 4.69) is 36.2 Å². The Labute approximate surface area is 194 Å². The van der Waals surface area contributed by atoms with Crippen LogP contribution in [0.25, 0.3) is 10.6 Å². The van der Waals surface area contributed by atoms with Gasteiger partial charge in [-0.3, -0.25) is 9.59 Å². The molecule has 11 nitrogen and oxygen atoms in total. The summed E-state index contributed by atoms with van der Waals surface area (Å²) >= 11 is 1.29. The summed E-state index contributed by atoms with van der Waals surface area (Å²) in [7, 11) is 1.78. The minimum Gasteiger partial charge on any atom is -0.399 e. The lowest BCUT2D eigenvalue weighted by atomic mass is 9.87. The molecule has 172 valence electrons. The lowest BCUT2D eigenvalue weighted by Gasteiger charge is -2.36. The van der Waals surface area contributed by atoms with Crippen molar-refractivity contribution >= 4 is 46.2 Å². The third kappa shape index (κ3) is 4.92. The minimum absolute atomic E-state index is 0.161. The Morgan fingerprint density at radius 1 is 1.09 bits per heavy atom. The number of nitrogens with zero attached hydrogens (tertiary/aromatic N) is 3. The first-order chi connectivity index (χ1) is 15.9. The van der Waals surface area contributed by atoms with Gasteiger partial charge in [-0.05, 0) is 51.2 Å². The fourth-order valence-electron chi connectivity index (χ4n) is 3.61. The van der Waals surface area contributed by atoms with Gasteiger partial charge in [0.15, 0.2) is 0 Å². The Morgan fingerprint density at radius 3 is 2.52 bits per heavy atom. The van der Waals surface area contributed by atoms with Crippen molar-refractivity contribution in [3.63, 3.8) is 0 Å². The third-order valence-electron chi connectivity index (χ3n) is 5.57. The number of nitrogens with two attached hydrogens (primary N) is 2. The number of rotatable bonds is 6. The number of likely N-dealkylation sites (N-methyl/N-ethyl adjacent to an activating group) is 1. The molecule has 2 amide bonds. The molecule has 1 saturated heterocycles. The molecule has 1 fully saturated rings. The highest BCUT2D eigenvalue weighted by Crippen LogP contribution is 2.29. The second kappa shape index (κ2) is 9.48. The first kappa shape index (κ1) is 22.6. The van der Waals surface area contributed by atoms with E-state index >= 15 is 0 Å². The number of benzene rings is 1. The Balaban J connectivity index is 1.52. The number of nitrogens with one attached hydrogen (secondary N) is 4. The minimum atomic E-state index is -0.682. The van der Waals surface area contributed by atoms with Crippen LogP contribution in [0.3, 0.4) is 0 Å². The van der Waals surface area contributed by atoms with Gasteiger partial charge >= 0.3 is 0 Å². The molecule has 33 heavy (non-hydrogen) atoms. The normalized spacial score (nSPS) is 15.1. The van der Waals surface area contributed by atoms with Crippen molar-refractivity contribution in [1.29, 1.82) is 0 Å². The molecule has 2 aromatic heterocycles. The summed E-state index contributed by atoms with van der Waals surface area (Å²) in [5, 5.41) is 14.4. The summed E-state index contributed by atoms with van der Waals surface area (Å²) in [6.45, 7) is 1.48. The number of carbonyl (C=O) groups excluding carboxylic acids is 2. The van der Waals surface area contributed by atoms with Crippen molar-refractivity contribution < 1.29 is 9.59 Å². The predicted molar refractivity (Wildman–Crippen MR) is 129 cm³/mol. The van der Waals surface area contributed by atoms with Gasteiger partial charge in [0.05, 0.1) is 11.4 Å². The second-order valence-electron chi connectivity index (χ2n) is 7.66. The Hall–Kier alpha value is -3.61. The van der Waals surface area contributed by atoms with Crippen molar-refractivity contribution in [3.05, 3.63) is 41.7 Å². The number of piperidine rings is 1. The molecule has 0 saturated carbocycles. The summed E-state index contributed by atoms with van der Waals surface area (Å²) in [6.07, 6.45) is 4.41. The summed E-state index contributed by atoms with van der Waals surface area (Å²) < 4.78 is 0. The topological polar surface area (TPSA) is 173 Å². The average Bonchev–Trinajstić information content (AvgIpc) is 3.32. The van der Waals surface area contributed by atoms with E-state index in [4.69, 9.17) is 11.5 Å². The quantitative estimate of drug-likeness (QED) is 0.292. The number of thiazole rings is 1. The van der Waals surface area contributed by atoms with E-state index in [9.17, 15) is 9.59 Å². The molecule has 0 radical (unpaired) electrons. The molecule has 1 aliphatic heterocycles. The molecule has 4 rings (SSSR count). The number of anilines is 4. The van der Waals surface area contributed by atoms with Crippen LogP contribution in [0, 0.1) is 0 Å². The van der Waals surface area contributed by atoms with Crippen LogP contribution in [0.4, 0.5) is 23.0 Å². The zero-order chi connectivity index (χ0) is 23.4. The van der Waals surface area contributed by atoms with Crippen LogP contribution >= 0.6 is 11.3 Å². The summed E-state index contributed by atoms with van der Waals surface area (Å²) in [5.74, 6) is -0.430. The monoisotopic (exact) mass is 467 g/mol. The van der Waals surface area contributed by atoms with Crippen LogP contribution in [0.15, 0.2) is 36.0 Å². The highest BCUT2D eigenvalue weighted by atomic mass is 32.1. The van der Waals surface area contributed by atoms with Crippen LogP contribution in [0.2, 0.25) is 0 Å². The predicted octanol–water partition coefficient (Wildman–Crippen LogP) is 1.30. The zero-order valence-corrected chi connectivity index (χ0v) is 18.8. The van der Waals surface area contributed by atoms with Crippen LogP contribution < -0.4 is 32.7 Å². The largest absolute Gasteiger partial charge is 0.399 e. The highest BCUT2D eigenvalue weighted by Gasteiger charge is 2.38. The standard InChI is InChI=1S/C21H25N9O2S/c1-24-21(4-6-25-7-5-21)19(32)30-14-3-2-13(22)8-15(14)28-17(31)16-11-33-18(29-16)12-9-26-20(23)27-10-12/h2-3,8-11,24-25H,4-7,22H2,1H3,(H,28,31)(H,30,32)(H2,23,26,27). The van der Waals surface area contributed by atoms with E-state index in [-0.39, 0.29) is 17.5 Å². The van der Waals surface area contributed by atoms with Crippen molar-refractivity contribution in [1.82, 2.24) is 25.6 Å². The van der Waals surface area contributed by atoms with Gasteiger partial charge in [0.1, 0.15) is 16.2 Å². The maximum Gasteiger partial charge on any atom is 0.275 e. The van der Waals surface area contributed by atoms with E-state index in [1.165, 1.54) is 11.3 Å². The van der Waals surface area contributed by atoms with E-state index in [1.807, 2.05) is 0 Å². The number of nitrogen functional groups attached to an aromatic ring is 2. The van der Waals surface area contributed by atoms with E-state index in [0.717, 1.165) is 13.1 Å². The SMILES string of the molecule is CNC1(C(=O)Nc2ccc(N)cc2NC(=O)c2csc(-c3cnc(N)nc3)n2)CCNCC1. The van der Waals surface area contributed by atoms with E-state index in [0.29, 0.717) is 40.5 Å². The van der Waals surface area contributed by atoms with Gasteiger partial charge in [-0.1, -0.05) is 0 Å². The Bertz CT molecular complexity index is 1160. The summed E-state index contributed by atoms with van der Waals surface area (Å²) in [6, 6.07) is 4.94. The van der Waals surface area contributed by atoms with Gasteiger partial charge in [-0.2, -0.15) is 0 Å². The fraction of sp³-hybridized carbons (Fsp3) is 0.286. The molecule has 1 aromatic carbocycles. The van der Waals surface area contributed by atoms with E-state index in [1.54, 1.807) is 43.0 Å². The summed E-state index contributed by atoms with van der Waals surface area (Å²) in [4.78, 5) is 38.3. The molecule has 1 aliphatic rings. The van der Waals surface area contributed by atoms with Crippen molar-refractivity contribution in [2.45, 2.75) is 18.4 Å². The lowest BCUT2D eigenvalue weighted by molar-refractivity contribution is -0.123. The number of hydrogen-bond donors (Lipinski definition) is 6. The van der Waals surface area contributed by atoms with Crippen LogP contribution in [-0.4, -0.2) is 52.4 Å². The maximum atomic E-state index is 13.1. The molecule has 12 heteroatoms. The second-order valence-corrected chi connectivity index (χ2v) is 8.52. The number of carbonyl (C=O) groups is 2. The van der Waals surface area contributed by atoms with E-state index < -0.39 is 11.4 Å². The first-order valence-corrected chi connectivity index (χ1v) is 11.2. The molecular weight excluding hydrogens is 442 g/mol. The Morgan fingerprint density at radius 2 is 1.82 bits per heavy atom. The van der Waals surface area contributed by atoms with Gasteiger partial charge < -0.3 is 32.7 Å². The molecule has 0 atom stereocenters. The third-order valence-corrected chi connectivity index (χ3v) is 6.46. The van der Waals surface area contributed by atoms with Gasteiger partial charge in [-0.25, -0.2) is 15.0 Å². The van der Waals surface area contributed by atoms with Gasteiger partial charge in [-0.15, -0.1) is 11.3 Å². The van der Waals surface area contributed by atoms with Crippen LogP contribution in [0.5, 0.6) is 0 Å².